The number of nitrogens with one attached hydrogen (secondary N) is 1. The quantitative estimate of drug-likeness (QED) is 0.218. The molecule has 226 valence electrons. The number of amides is 2. The van der Waals surface area contributed by atoms with E-state index < -0.39 is 28.5 Å². The molecule has 0 radical (unpaired) electrons. The summed E-state index contributed by atoms with van der Waals surface area (Å²) in [4.78, 5) is 28.8. The van der Waals surface area contributed by atoms with Crippen LogP contribution >= 0.6 is 46.4 Å². The van der Waals surface area contributed by atoms with Gasteiger partial charge in [0.15, 0.2) is 0 Å². The van der Waals surface area contributed by atoms with Crippen molar-refractivity contribution in [1.29, 1.82) is 0 Å². The molecule has 3 aromatic rings. The molecule has 1 atom stereocenters. The van der Waals surface area contributed by atoms with Crippen LogP contribution in [0.25, 0.3) is 0 Å². The van der Waals surface area contributed by atoms with Crippen molar-refractivity contribution in [2.24, 2.45) is 5.92 Å². The van der Waals surface area contributed by atoms with E-state index in [1.165, 1.54) is 29.2 Å². The lowest BCUT2D eigenvalue weighted by atomic mass is 10.1. The largest absolute Gasteiger partial charge is 0.354 e. The normalized spacial score (nSPS) is 12.2. The molecule has 7 nitrogen and oxygen atoms in total. The summed E-state index contributed by atoms with van der Waals surface area (Å²) in [7, 11) is -4.31. The van der Waals surface area contributed by atoms with Crippen LogP contribution < -0.4 is 9.62 Å². The average Bonchev–Trinajstić information content (AvgIpc) is 2.93. The second-order valence-electron chi connectivity index (χ2n) is 10.2. The van der Waals surface area contributed by atoms with Crippen LogP contribution in [-0.4, -0.2) is 44.3 Å². The van der Waals surface area contributed by atoms with E-state index >= 15 is 0 Å². The Hall–Kier alpha value is -2.49. The molecule has 0 aliphatic heterocycles. The Bertz CT molecular complexity index is 1510. The summed E-state index contributed by atoms with van der Waals surface area (Å²) >= 11 is 25.7. The first-order chi connectivity index (χ1) is 19.8. The Morgan fingerprint density at radius 3 is 2.02 bits per heavy atom. The maximum absolute atomic E-state index is 14.2. The molecular formula is C30H33Cl4N3O4S. The van der Waals surface area contributed by atoms with E-state index in [4.69, 9.17) is 46.4 Å². The third-order valence-electron chi connectivity index (χ3n) is 6.55. The lowest BCUT2D eigenvalue weighted by molar-refractivity contribution is -0.140. The predicted molar refractivity (Wildman–Crippen MR) is 171 cm³/mol. The monoisotopic (exact) mass is 671 g/mol. The van der Waals surface area contributed by atoms with Gasteiger partial charge in [-0.1, -0.05) is 97.0 Å². The highest BCUT2D eigenvalue weighted by atomic mass is 35.5. The highest BCUT2D eigenvalue weighted by Crippen LogP contribution is 2.36. The molecule has 2 amide bonds. The molecule has 0 aliphatic rings. The van der Waals surface area contributed by atoms with E-state index in [1.54, 1.807) is 43.3 Å². The van der Waals surface area contributed by atoms with Crippen LogP contribution in [-0.2, 0) is 26.2 Å². The third kappa shape index (κ3) is 8.11. The number of hydrogen-bond donors (Lipinski definition) is 1. The van der Waals surface area contributed by atoms with Crippen molar-refractivity contribution in [2.75, 3.05) is 17.4 Å². The molecule has 0 unspecified atom stereocenters. The summed E-state index contributed by atoms with van der Waals surface area (Å²) in [6.45, 7) is 7.10. The summed E-state index contributed by atoms with van der Waals surface area (Å²) < 4.78 is 28.9. The fraction of sp³-hybridized carbons (Fsp3) is 0.333. The Kier molecular flexibility index (Phi) is 12.0. The van der Waals surface area contributed by atoms with Crippen molar-refractivity contribution in [2.45, 2.75) is 51.6 Å². The lowest BCUT2D eigenvalue weighted by Crippen LogP contribution is -2.52. The van der Waals surface area contributed by atoms with Gasteiger partial charge in [-0.3, -0.25) is 13.9 Å². The first kappa shape index (κ1) is 34.0. The van der Waals surface area contributed by atoms with Crippen LogP contribution in [0.5, 0.6) is 0 Å². The van der Waals surface area contributed by atoms with Gasteiger partial charge in [-0.05, 0) is 55.7 Å². The van der Waals surface area contributed by atoms with Gasteiger partial charge in [-0.2, -0.15) is 0 Å². The van der Waals surface area contributed by atoms with Crippen molar-refractivity contribution < 1.29 is 18.0 Å². The second-order valence-corrected chi connectivity index (χ2v) is 13.6. The molecule has 0 bridgehead atoms. The molecule has 1 N–H and O–H groups in total. The second kappa shape index (κ2) is 14.8. The van der Waals surface area contributed by atoms with Crippen LogP contribution in [0, 0.1) is 12.8 Å². The van der Waals surface area contributed by atoms with Gasteiger partial charge in [0.2, 0.25) is 11.8 Å². The molecule has 0 saturated heterocycles. The van der Waals surface area contributed by atoms with Gasteiger partial charge in [-0.25, -0.2) is 8.42 Å². The van der Waals surface area contributed by atoms with Gasteiger partial charge in [-0.15, -0.1) is 0 Å². The van der Waals surface area contributed by atoms with E-state index in [2.05, 4.69) is 5.32 Å². The van der Waals surface area contributed by atoms with Gasteiger partial charge < -0.3 is 10.2 Å². The molecule has 0 saturated carbocycles. The number of carbonyl (C=O) groups is 2. The van der Waals surface area contributed by atoms with Crippen LogP contribution in [0.15, 0.2) is 65.6 Å². The van der Waals surface area contributed by atoms with E-state index in [0.29, 0.717) is 22.2 Å². The Morgan fingerprint density at radius 1 is 0.881 bits per heavy atom. The maximum atomic E-state index is 14.2. The highest BCUT2D eigenvalue weighted by molar-refractivity contribution is 7.92. The zero-order chi connectivity index (χ0) is 31.2. The topological polar surface area (TPSA) is 86.8 Å². The van der Waals surface area contributed by atoms with Crippen molar-refractivity contribution in [1.82, 2.24) is 10.2 Å². The summed E-state index contributed by atoms with van der Waals surface area (Å²) in [6.07, 6.45) is 0.250. The number of anilines is 1. The molecule has 12 heteroatoms. The minimum absolute atomic E-state index is 0.0196. The average molecular weight is 673 g/mol. The van der Waals surface area contributed by atoms with Crippen molar-refractivity contribution in [3.05, 3.63) is 91.9 Å². The van der Waals surface area contributed by atoms with Gasteiger partial charge in [0, 0.05) is 28.7 Å². The standard InChI is InChI=1S/C30H33Cl4N3O4S/c1-5-26(30(39)35-16-19(2)3)36(17-22-23(31)8-6-9-24(22)32)28(38)18-37(27-11-7-10-25(33)29(27)34)42(40,41)21-14-12-20(4)13-15-21/h6-15,19,26H,5,16-18H2,1-4H3,(H,35,39)/t26-/m1/s1. The van der Waals surface area contributed by atoms with Gasteiger partial charge in [0.05, 0.1) is 20.6 Å². The first-order valence-electron chi connectivity index (χ1n) is 13.3. The number of nitrogens with zero attached hydrogens (tertiary/aromatic N) is 2. The molecule has 0 aromatic heterocycles. The highest BCUT2D eigenvalue weighted by Gasteiger charge is 2.35. The van der Waals surface area contributed by atoms with Crippen LogP contribution in [0.1, 0.15) is 38.3 Å². The lowest BCUT2D eigenvalue weighted by Gasteiger charge is -2.34. The zero-order valence-corrected chi connectivity index (χ0v) is 27.5. The number of aryl methyl sites for hydroxylation is 1. The molecule has 0 spiro atoms. The number of halogens is 4. The number of sulfonamides is 1. The van der Waals surface area contributed by atoms with Crippen molar-refractivity contribution >= 4 is 73.9 Å². The predicted octanol–water partition coefficient (Wildman–Crippen LogP) is 7.38. The minimum atomic E-state index is -4.31. The Morgan fingerprint density at radius 2 is 1.45 bits per heavy atom. The fourth-order valence-corrected chi connectivity index (χ4v) is 6.62. The first-order valence-corrected chi connectivity index (χ1v) is 16.3. The van der Waals surface area contributed by atoms with E-state index in [9.17, 15) is 18.0 Å². The summed E-state index contributed by atoms with van der Waals surface area (Å²) in [5.41, 5.74) is 1.31. The van der Waals surface area contributed by atoms with Crippen LogP contribution in [0.4, 0.5) is 5.69 Å². The van der Waals surface area contributed by atoms with Crippen molar-refractivity contribution in [3.8, 4) is 0 Å². The minimum Gasteiger partial charge on any atom is -0.354 e. The smallest absolute Gasteiger partial charge is 0.264 e. The number of rotatable bonds is 12. The number of benzene rings is 3. The molecule has 3 aromatic carbocycles. The molecule has 42 heavy (non-hydrogen) atoms. The van der Waals surface area contributed by atoms with E-state index in [-0.39, 0.29) is 45.4 Å². The summed E-state index contributed by atoms with van der Waals surface area (Å²) in [5, 5.41) is 3.57. The summed E-state index contributed by atoms with van der Waals surface area (Å²) in [5.74, 6) is -0.866. The van der Waals surface area contributed by atoms with Crippen LogP contribution in [0.2, 0.25) is 20.1 Å². The molecular weight excluding hydrogens is 640 g/mol. The zero-order valence-electron chi connectivity index (χ0n) is 23.7. The summed E-state index contributed by atoms with van der Waals surface area (Å²) in [6, 6.07) is 14.7. The molecule has 0 fully saturated rings. The van der Waals surface area contributed by atoms with Gasteiger partial charge in [0.1, 0.15) is 12.6 Å². The third-order valence-corrected chi connectivity index (χ3v) is 9.84. The molecule has 0 aliphatic carbocycles. The van der Waals surface area contributed by atoms with Gasteiger partial charge >= 0.3 is 0 Å². The maximum Gasteiger partial charge on any atom is 0.264 e. The SMILES string of the molecule is CC[C@H](C(=O)NCC(C)C)N(Cc1c(Cl)cccc1Cl)C(=O)CN(c1cccc(Cl)c1Cl)S(=O)(=O)c1ccc(C)cc1. The van der Waals surface area contributed by atoms with Gasteiger partial charge in [0.25, 0.3) is 10.0 Å². The van der Waals surface area contributed by atoms with E-state index in [1.807, 2.05) is 20.8 Å². The van der Waals surface area contributed by atoms with Crippen molar-refractivity contribution in [3.63, 3.8) is 0 Å². The number of carbonyl (C=O) groups excluding carboxylic acids is 2. The Balaban J connectivity index is 2.13. The number of hydrogen-bond acceptors (Lipinski definition) is 4. The van der Waals surface area contributed by atoms with E-state index in [0.717, 1.165) is 9.87 Å². The Labute approximate surface area is 267 Å². The molecule has 0 heterocycles. The fourth-order valence-electron chi connectivity index (χ4n) is 4.23. The molecule has 3 rings (SSSR count). The van der Waals surface area contributed by atoms with Crippen LogP contribution in [0.3, 0.4) is 0 Å².